The predicted molar refractivity (Wildman–Crippen MR) is 187 cm³/mol. The molecule has 4 rings (SSSR count). The molecule has 14 nitrogen and oxygen atoms in total. The SMILES string of the molecule is C=C[C@@](CC)(NC(=O)[C@@H]1C[C@@H](Oc2ccnc3cc(OC)ccc23)CN1C(=O)[C@@H](NC(=O)OC(C)(C)C)C(C)(C)C)C(=O)NS(=O)(=O)C1CC1. The van der Waals surface area contributed by atoms with Crippen molar-refractivity contribution in [3.8, 4) is 11.5 Å². The molecule has 1 aromatic carbocycles. The lowest BCUT2D eigenvalue weighted by molar-refractivity contribution is -0.143. The second-order valence-corrected chi connectivity index (χ2v) is 16.8. The summed E-state index contributed by atoms with van der Waals surface area (Å²) in [6.45, 7) is 15.7. The van der Waals surface area contributed by atoms with E-state index in [2.05, 4.69) is 26.9 Å². The average Bonchev–Trinajstić information content (AvgIpc) is 3.81. The van der Waals surface area contributed by atoms with Crippen molar-refractivity contribution in [2.45, 2.75) is 109 Å². The van der Waals surface area contributed by atoms with Crippen LogP contribution in [0.5, 0.6) is 11.5 Å². The summed E-state index contributed by atoms with van der Waals surface area (Å²) in [5.41, 5.74) is -2.84. The highest BCUT2D eigenvalue weighted by Gasteiger charge is 2.49. The fourth-order valence-corrected chi connectivity index (χ4v) is 7.07. The molecule has 50 heavy (non-hydrogen) atoms. The summed E-state index contributed by atoms with van der Waals surface area (Å²) >= 11 is 0. The number of nitrogens with one attached hydrogen (secondary N) is 3. The van der Waals surface area contributed by atoms with Crippen molar-refractivity contribution in [2.24, 2.45) is 5.41 Å². The Hall–Kier alpha value is -4.40. The Bertz CT molecular complexity index is 1750. The number of benzene rings is 1. The number of pyridine rings is 1. The topological polar surface area (TPSA) is 182 Å². The second kappa shape index (κ2) is 14.4. The first-order valence-corrected chi connectivity index (χ1v) is 18.2. The molecule has 0 spiro atoms. The van der Waals surface area contributed by atoms with Crippen molar-refractivity contribution in [3.05, 3.63) is 43.1 Å². The number of methoxy groups -OCH3 is 1. The number of rotatable bonds is 12. The van der Waals surface area contributed by atoms with Gasteiger partial charge in [0, 0.05) is 24.1 Å². The molecule has 274 valence electrons. The van der Waals surface area contributed by atoms with Crippen LogP contribution in [0.15, 0.2) is 43.1 Å². The Balaban J connectivity index is 1.68. The Labute approximate surface area is 293 Å². The Kier molecular flexibility index (Phi) is 11.1. The summed E-state index contributed by atoms with van der Waals surface area (Å²) in [4.78, 5) is 60.7. The first kappa shape index (κ1) is 38.4. The molecular weight excluding hydrogens is 666 g/mol. The number of aromatic nitrogens is 1. The Morgan fingerprint density at radius 3 is 2.34 bits per heavy atom. The van der Waals surface area contributed by atoms with Gasteiger partial charge in [0.2, 0.25) is 21.8 Å². The van der Waals surface area contributed by atoms with Gasteiger partial charge in [-0.2, -0.15) is 0 Å². The van der Waals surface area contributed by atoms with E-state index < -0.39 is 73.8 Å². The molecule has 0 unspecified atom stereocenters. The normalized spacial score (nSPS) is 19.9. The molecule has 2 aliphatic rings. The molecule has 2 aromatic rings. The lowest BCUT2D eigenvalue weighted by Crippen LogP contribution is -2.63. The lowest BCUT2D eigenvalue weighted by atomic mass is 9.85. The minimum atomic E-state index is -3.94. The number of amides is 4. The fourth-order valence-electron chi connectivity index (χ4n) is 5.70. The number of nitrogens with zero attached hydrogens (tertiary/aromatic N) is 2. The maximum atomic E-state index is 14.4. The van der Waals surface area contributed by atoms with Crippen LogP contribution in [0.4, 0.5) is 4.79 Å². The maximum Gasteiger partial charge on any atom is 0.408 e. The highest BCUT2D eigenvalue weighted by molar-refractivity contribution is 7.91. The summed E-state index contributed by atoms with van der Waals surface area (Å²) < 4.78 is 44.6. The predicted octanol–water partition coefficient (Wildman–Crippen LogP) is 3.59. The zero-order chi connectivity index (χ0) is 37.2. The minimum Gasteiger partial charge on any atom is -0.497 e. The van der Waals surface area contributed by atoms with E-state index in [-0.39, 0.29) is 19.4 Å². The highest BCUT2D eigenvalue weighted by atomic mass is 32.2. The monoisotopic (exact) mass is 715 g/mol. The summed E-state index contributed by atoms with van der Waals surface area (Å²) in [6, 6.07) is 4.70. The number of carbonyl (C=O) groups excluding carboxylic acids is 4. The number of sulfonamides is 1. The number of alkyl carbamates (subject to hydrolysis) is 1. The molecule has 1 saturated heterocycles. The number of hydrogen-bond acceptors (Lipinski definition) is 10. The number of hydrogen-bond donors (Lipinski definition) is 3. The third kappa shape index (κ3) is 8.84. The Morgan fingerprint density at radius 1 is 1.10 bits per heavy atom. The molecule has 2 fully saturated rings. The van der Waals surface area contributed by atoms with Crippen LogP contribution in [0.2, 0.25) is 0 Å². The molecule has 1 aromatic heterocycles. The Morgan fingerprint density at radius 2 is 1.78 bits per heavy atom. The van der Waals surface area contributed by atoms with Crippen molar-refractivity contribution in [1.82, 2.24) is 25.2 Å². The molecule has 2 heterocycles. The van der Waals surface area contributed by atoms with Crippen molar-refractivity contribution < 1.29 is 41.8 Å². The first-order chi connectivity index (χ1) is 23.2. The van der Waals surface area contributed by atoms with Gasteiger partial charge in [0.05, 0.1) is 24.4 Å². The highest BCUT2D eigenvalue weighted by Crippen LogP contribution is 2.33. The van der Waals surface area contributed by atoms with Crippen molar-refractivity contribution in [2.75, 3.05) is 13.7 Å². The van der Waals surface area contributed by atoms with Crippen molar-refractivity contribution in [3.63, 3.8) is 0 Å². The number of carbonyl (C=O) groups is 4. The maximum absolute atomic E-state index is 14.4. The van der Waals surface area contributed by atoms with Crippen LogP contribution in [-0.4, -0.2) is 90.3 Å². The quantitative estimate of drug-likeness (QED) is 0.275. The third-order valence-corrected chi connectivity index (χ3v) is 10.5. The standard InChI is InChI=1S/C35H49N5O9S/c1-10-35(11-2,31(43)39-50(45,46)23-13-14-23)38-29(41)26-19-22(48-27-16-17-36-25-18-21(47-9)12-15-24(25)27)20-40(26)30(42)28(33(3,4)5)37-32(44)49-34(6,7)8/h10,12,15-18,22-23,26,28H,1,11,13-14,19-20H2,2-9H3,(H,37,44)(H,38,41)(H,39,43)/t22-,26+,28-,35+/m1/s1. The summed E-state index contributed by atoms with van der Waals surface area (Å²) in [5, 5.41) is 5.40. The smallest absolute Gasteiger partial charge is 0.408 e. The average molecular weight is 716 g/mol. The van der Waals surface area contributed by atoms with Crippen LogP contribution in [0.25, 0.3) is 10.9 Å². The van der Waals surface area contributed by atoms with Crippen LogP contribution in [0.1, 0.15) is 74.1 Å². The number of ether oxygens (including phenoxy) is 3. The van der Waals surface area contributed by atoms with Crippen LogP contribution in [0.3, 0.4) is 0 Å². The van der Waals surface area contributed by atoms with E-state index in [0.29, 0.717) is 35.2 Å². The lowest BCUT2D eigenvalue weighted by Gasteiger charge is -2.36. The molecule has 0 bridgehead atoms. The van der Waals surface area contributed by atoms with Gasteiger partial charge >= 0.3 is 6.09 Å². The van der Waals surface area contributed by atoms with E-state index in [4.69, 9.17) is 14.2 Å². The van der Waals surface area contributed by atoms with Crippen LogP contribution < -0.4 is 24.8 Å². The molecule has 4 atom stereocenters. The largest absolute Gasteiger partial charge is 0.497 e. The van der Waals surface area contributed by atoms with E-state index in [1.54, 1.807) is 86.0 Å². The van der Waals surface area contributed by atoms with E-state index in [1.807, 2.05) is 0 Å². The van der Waals surface area contributed by atoms with Crippen molar-refractivity contribution >= 4 is 44.7 Å². The van der Waals surface area contributed by atoms with E-state index in [0.717, 1.165) is 0 Å². The fraction of sp³-hybridized carbons (Fsp3) is 0.571. The van der Waals surface area contributed by atoms with E-state index in [1.165, 1.54) is 11.0 Å². The van der Waals surface area contributed by atoms with E-state index >= 15 is 0 Å². The molecule has 15 heteroatoms. The van der Waals surface area contributed by atoms with Gasteiger partial charge in [-0.25, -0.2) is 13.2 Å². The van der Waals surface area contributed by atoms with Gasteiger partial charge in [-0.1, -0.05) is 33.8 Å². The zero-order valence-corrected chi connectivity index (χ0v) is 30.8. The van der Waals surface area contributed by atoms with Gasteiger partial charge in [-0.15, -0.1) is 6.58 Å². The van der Waals surface area contributed by atoms with Gasteiger partial charge in [0.1, 0.15) is 40.8 Å². The van der Waals surface area contributed by atoms with Gasteiger partial charge in [-0.3, -0.25) is 24.1 Å². The summed E-state index contributed by atoms with van der Waals surface area (Å²) in [5.74, 6) is -1.16. The van der Waals surface area contributed by atoms with Crippen LogP contribution in [-0.2, 0) is 29.1 Å². The molecule has 0 radical (unpaired) electrons. The van der Waals surface area contributed by atoms with Gasteiger partial charge < -0.3 is 29.7 Å². The minimum absolute atomic E-state index is 0.0137. The second-order valence-electron chi connectivity index (χ2n) is 14.8. The molecule has 1 aliphatic carbocycles. The molecule has 1 saturated carbocycles. The molecule has 3 N–H and O–H groups in total. The number of likely N-dealkylation sites (tertiary alicyclic amines) is 1. The molecule has 1 aliphatic heterocycles. The van der Waals surface area contributed by atoms with Crippen LogP contribution in [0, 0.1) is 5.41 Å². The van der Waals surface area contributed by atoms with Gasteiger partial charge in [0.15, 0.2) is 0 Å². The van der Waals surface area contributed by atoms with Crippen molar-refractivity contribution in [1.29, 1.82) is 0 Å². The third-order valence-electron chi connectivity index (χ3n) is 8.68. The summed E-state index contributed by atoms with van der Waals surface area (Å²) in [7, 11) is -2.38. The first-order valence-electron chi connectivity index (χ1n) is 16.6. The van der Waals surface area contributed by atoms with E-state index in [9.17, 15) is 27.6 Å². The molecular formula is C35H49N5O9S. The zero-order valence-electron chi connectivity index (χ0n) is 30.0. The molecule has 4 amide bonds. The van der Waals surface area contributed by atoms with Gasteiger partial charge in [0.25, 0.3) is 5.91 Å². The van der Waals surface area contributed by atoms with Gasteiger partial charge in [-0.05, 0) is 63.6 Å². The van der Waals surface area contributed by atoms with Crippen LogP contribution >= 0.6 is 0 Å². The summed E-state index contributed by atoms with van der Waals surface area (Å²) in [6.07, 6.45) is 2.14. The number of fused-ring (bicyclic) bond motifs is 1.